The fraction of sp³-hybridized carbons (Fsp3) is 0.538. The first kappa shape index (κ1) is 11.3. The predicted octanol–water partition coefficient (Wildman–Crippen LogP) is 2.79. The molecule has 3 heteroatoms. The van der Waals surface area contributed by atoms with E-state index in [4.69, 9.17) is 0 Å². The molecule has 1 aliphatic carbocycles. The van der Waals surface area contributed by atoms with Crippen molar-refractivity contribution < 1.29 is 5.11 Å². The maximum absolute atomic E-state index is 10.2. The molecular formula is C13H18N2O. The summed E-state index contributed by atoms with van der Waals surface area (Å²) in [5, 5.41) is 10.2. The van der Waals surface area contributed by atoms with Crippen molar-refractivity contribution in [3.8, 4) is 0 Å². The minimum atomic E-state index is -0.541. The lowest BCUT2D eigenvalue weighted by Gasteiger charge is -2.16. The number of hydrogen-bond donors (Lipinski definition) is 1. The molecule has 1 aliphatic rings. The summed E-state index contributed by atoms with van der Waals surface area (Å²) in [6.07, 6.45) is 11.9. The van der Waals surface area contributed by atoms with Crippen LogP contribution in [0, 0.1) is 0 Å². The average Bonchev–Trinajstić information content (AvgIpc) is 2.29. The minimum absolute atomic E-state index is 0.541. The van der Waals surface area contributed by atoms with Crippen molar-refractivity contribution in [2.75, 3.05) is 0 Å². The van der Waals surface area contributed by atoms with Crippen molar-refractivity contribution in [1.82, 2.24) is 9.97 Å². The smallest absolute Gasteiger partial charge is 0.117 e. The van der Waals surface area contributed by atoms with Crippen LogP contribution in [0.15, 0.2) is 30.2 Å². The van der Waals surface area contributed by atoms with Gasteiger partial charge in [0.2, 0.25) is 0 Å². The maximum Gasteiger partial charge on any atom is 0.117 e. The quantitative estimate of drug-likeness (QED) is 0.776. The molecule has 0 spiro atoms. The highest BCUT2D eigenvalue weighted by Crippen LogP contribution is 2.27. The summed E-state index contributed by atoms with van der Waals surface area (Å²) in [5.41, 5.74) is 1.83. The van der Waals surface area contributed by atoms with Crippen molar-refractivity contribution in [3.05, 3.63) is 35.9 Å². The van der Waals surface area contributed by atoms with Gasteiger partial charge in [0, 0.05) is 6.20 Å². The number of hydrogen-bond acceptors (Lipinski definition) is 3. The molecule has 2 rings (SSSR count). The lowest BCUT2D eigenvalue weighted by atomic mass is 9.95. The number of aromatic nitrogens is 2. The van der Waals surface area contributed by atoms with E-state index < -0.39 is 6.10 Å². The SMILES string of the molecule is OC(/C1=C/CCCCCC1)c1ccncn1. The highest BCUT2D eigenvalue weighted by atomic mass is 16.3. The molecule has 1 aromatic heterocycles. The molecular weight excluding hydrogens is 200 g/mol. The molecule has 0 saturated heterocycles. The zero-order chi connectivity index (χ0) is 11.2. The predicted molar refractivity (Wildman–Crippen MR) is 62.8 cm³/mol. The molecule has 0 aromatic carbocycles. The van der Waals surface area contributed by atoms with Crippen LogP contribution in [-0.2, 0) is 0 Å². The third-order valence-corrected chi connectivity index (χ3v) is 3.06. The van der Waals surface area contributed by atoms with E-state index in [1.807, 2.05) is 0 Å². The highest BCUT2D eigenvalue weighted by Gasteiger charge is 2.14. The van der Waals surface area contributed by atoms with E-state index in [1.54, 1.807) is 12.3 Å². The summed E-state index contributed by atoms with van der Waals surface area (Å²) in [4.78, 5) is 7.97. The second kappa shape index (κ2) is 5.75. The summed E-state index contributed by atoms with van der Waals surface area (Å²) in [5.74, 6) is 0. The zero-order valence-corrected chi connectivity index (χ0v) is 9.47. The number of allylic oxidation sites excluding steroid dienone is 1. The Morgan fingerprint density at radius 3 is 2.88 bits per heavy atom. The molecule has 1 atom stereocenters. The van der Waals surface area contributed by atoms with Crippen LogP contribution in [0.5, 0.6) is 0 Å². The first-order valence-corrected chi connectivity index (χ1v) is 6.01. The minimum Gasteiger partial charge on any atom is -0.382 e. The first-order chi connectivity index (χ1) is 7.88. The molecule has 0 radical (unpaired) electrons. The first-order valence-electron chi connectivity index (χ1n) is 6.01. The molecule has 16 heavy (non-hydrogen) atoms. The fourth-order valence-electron chi connectivity index (χ4n) is 2.12. The van der Waals surface area contributed by atoms with E-state index in [1.165, 1.54) is 32.0 Å². The van der Waals surface area contributed by atoms with Gasteiger partial charge in [0.25, 0.3) is 0 Å². The van der Waals surface area contributed by atoms with E-state index >= 15 is 0 Å². The summed E-state index contributed by atoms with van der Waals surface area (Å²) in [7, 11) is 0. The van der Waals surface area contributed by atoms with Gasteiger partial charge in [0.1, 0.15) is 12.4 Å². The Morgan fingerprint density at radius 2 is 2.06 bits per heavy atom. The molecule has 1 aromatic rings. The molecule has 0 aliphatic heterocycles. The van der Waals surface area contributed by atoms with Gasteiger partial charge in [-0.2, -0.15) is 0 Å². The zero-order valence-electron chi connectivity index (χ0n) is 9.47. The van der Waals surface area contributed by atoms with E-state index in [0.29, 0.717) is 5.69 Å². The molecule has 0 bridgehead atoms. The Balaban J connectivity index is 2.10. The molecule has 1 heterocycles. The van der Waals surface area contributed by atoms with Gasteiger partial charge in [-0.1, -0.05) is 18.9 Å². The molecule has 3 nitrogen and oxygen atoms in total. The Bertz CT molecular complexity index is 348. The summed E-state index contributed by atoms with van der Waals surface area (Å²) >= 11 is 0. The van der Waals surface area contributed by atoms with E-state index in [2.05, 4.69) is 16.0 Å². The standard InChI is InChI=1S/C13H18N2O/c16-13(12-8-9-14-10-15-12)11-6-4-2-1-3-5-7-11/h6,8-10,13,16H,1-5,7H2/b11-6+. The Hall–Kier alpha value is -1.22. The summed E-state index contributed by atoms with van der Waals surface area (Å²) in [6, 6.07) is 1.78. The fourth-order valence-corrected chi connectivity index (χ4v) is 2.12. The van der Waals surface area contributed by atoms with Gasteiger partial charge in [0.15, 0.2) is 0 Å². The van der Waals surface area contributed by atoms with Crippen LogP contribution in [0.4, 0.5) is 0 Å². The van der Waals surface area contributed by atoms with Crippen molar-refractivity contribution in [2.24, 2.45) is 0 Å². The van der Waals surface area contributed by atoms with Crippen molar-refractivity contribution in [1.29, 1.82) is 0 Å². The van der Waals surface area contributed by atoms with Gasteiger partial charge in [0.05, 0.1) is 5.69 Å². The third kappa shape index (κ3) is 2.89. The van der Waals surface area contributed by atoms with Crippen molar-refractivity contribution in [3.63, 3.8) is 0 Å². The number of aliphatic hydroxyl groups excluding tert-OH is 1. The van der Waals surface area contributed by atoms with Crippen LogP contribution < -0.4 is 0 Å². The Kier molecular flexibility index (Phi) is 4.05. The molecule has 0 fully saturated rings. The van der Waals surface area contributed by atoms with Crippen LogP contribution in [0.1, 0.15) is 50.3 Å². The maximum atomic E-state index is 10.2. The average molecular weight is 218 g/mol. The normalized spacial score (nSPS) is 22.7. The van der Waals surface area contributed by atoms with Crippen LogP contribution in [0.25, 0.3) is 0 Å². The van der Waals surface area contributed by atoms with Gasteiger partial charge in [-0.15, -0.1) is 0 Å². The van der Waals surface area contributed by atoms with E-state index in [9.17, 15) is 5.11 Å². The van der Waals surface area contributed by atoms with Gasteiger partial charge in [-0.05, 0) is 37.3 Å². The topological polar surface area (TPSA) is 46.0 Å². The lowest BCUT2D eigenvalue weighted by Crippen LogP contribution is -2.05. The van der Waals surface area contributed by atoms with E-state index in [-0.39, 0.29) is 0 Å². The monoisotopic (exact) mass is 218 g/mol. The number of aliphatic hydroxyl groups is 1. The highest BCUT2D eigenvalue weighted by molar-refractivity contribution is 5.18. The number of rotatable bonds is 2. The number of nitrogens with zero attached hydrogens (tertiary/aromatic N) is 2. The second-order valence-corrected chi connectivity index (χ2v) is 4.27. The van der Waals surface area contributed by atoms with Crippen LogP contribution in [0.2, 0.25) is 0 Å². The summed E-state index contributed by atoms with van der Waals surface area (Å²) < 4.78 is 0. The van der Waals surface area contributed by atoms with E-state index in [0.717, 1.165) is 18.4 Å². The van der Waals surface area contributed by atoms with Crippen molar-refractivity contribution >= 4 is 0 Å². The van der Waals surface area contributed by atoms with Gasteiger partial charge in [-0.3, -0.25) is 0 Å². The molecule has 1 unspecified atom stereocenters. The summed E-state index contributed by atoms with van der Waals surface area (Å²) in [6.45, 7) is 0. The van der Waals surface area contributed by atoms with Gasteiger partial charge < -0.3 is 5.11 Å². The lowest BCUT2D eigenvalue weighted by molar-refractivity contribution is 0.204. The molecule has 1 N–H and O–H groups in total. The molecule has 0 saturated carbocycles. The second-order valence-electron chi connectivity index (χ2n) is 4.27. The molecule has 0 amide bonds. The Morgan fingerprint density at radius 1 is 1.19 bits per heavy atom. The van der Waals surface area contributed by atoms with Gasteiger partial charge in [-0.25, -0.2) is 9.97 Å². The third-order valence-electron chi connectivity index (χ3n) is 3.06. The van der Waals surface area contributed by atoms with Gasteiger partial charge >= 0.3 is 0 Å². The van der Waals surface area contributed by atoms with Crippen LogP contribution in [0.3, 0.4) is 0 Å². The van der Waals surface area contributed by atoms with Crippen LogP contribution >= 0.6 is 0 Å². The van der Waals surface area contributed by atoms with Crippen LogP contribution in [-0.4, -0.2) is 15.1 Å². The Labute approximate surface area is 96.3 Å². The molecule has 86 valence electrons. The van der Waals surface area contributed by atoms with Crippen molar-refractivity contribution in [2.45, 2.75) is 44.6 Å². The largest absolute Gasteiger partial charge is 0.382 e.